The summed E-state index contributed by atoms with van der Waals surface area (Å²) in [7, 11) is 0. The Morgan fingerprint density at radius 1 is 1.38 bits per heavy atom. The second-order valence-corrected chi connectivity index (χ2v) is 3.15. The van der Waals surface area contributed by atoms with Crippen LogP contribution in [0.4, 0.5) is 0 Å². The lowest BCUT2D eigenvalue weighted by Crippen LogP contribution is -2.18. The minimum Gasteiger partial charge on any atom is -0.307 e. The van der Waals surface area contributed by atoms with Crippen LogP contribution in [0.5, 0.6) is 0 Å². The van der Waals surface area contributed by atoms with Crippen LogP contribution >= 0.6 is 11.6 Å². The van der Waals surface area contributed by atoms with Crippen LogP contribution in [0.1, 0.15) is 18.5 Å². The van der Waals surface area contributed by atoms with Crippen molar-refractivity contribution >= 4 is 11.6 Å². The molecule has 0 saturated carbocycles. The Morgan fingerprint density at radius 3 is 2.69 bits per heavy atom. The topological polar surface area (TPSA) is 12.0 Å². The van der Waals surface area contributed by atoms with E-state index in [1.165, 1.54) is 11.1 Å². The summed E-state index contributed by atoms with van der Waals surface area (Å²) < 4.78 is 0. The van der Waals surface area contributed by atoms with Gasteiger partial charge in [-0.1, -0.05) is 48.0 Å². The van der Waals surface area contributed by atoms with E-state index in [9.17, 15) is 0 Å². The standard InChI is InChI=1S/C11H14ClN/c1-10(13-9-5-8-12)11-6-3-2-4-7-11/h2-8,10,13H,9H2,1H3/b8-5+. The number of benzene rings is 1. The smallest absolute Gasteiger partial charge is 0.0294 e. The van der Waals surface area contributed by atoms with Gasteiger partial charge in [0.25, 0.3) is 0 Å². The zero-order valence-corrected chi connectivity index (χ0v) is 8.46. The van der Waals surface area contributed by atoms with Gasteiger partial charge in [-0.3, -0.25) is 0 Å². The van der Waals surface area contributed by atoms with Crippen LogP contribution in [-0.2, 0) is 0 Å². The molecule has 1 rings (SSSR count). The highest BCUT2D eigenvalue weighted by atomic mass is 35.5. The summed E-state index contributed by atoms with van der Waals surface area (Å²) in [5.74, 6) is 0. The van der Waals surface area contributed by atoms with Gasteiger partial charge in [0.1, 0.15) is 0 Å². The molecule has 13 heavy (non-hydrogen) atoms. The lowest BCUT2D eigenvalue weighted by Gasteiger charge is -2.11. The van der Waals surface area contributed by atoms with Gasteiger partial charge in [-0.05, 0) is 12.5 Å². The lowest BCUT2D eigenvalue weighted by atomic mass is 10.1. The molecule has 1 unspecified atom stereocenters. The maximum Gasteiger partial charge on any atom is 0.0294 e. The number of nitrogens with one attached hydrogen (secondary N) is 1. The Labute approximate surface area is 84.4 Å². The fourth-order valence-corrected chi connectivity index (χ4v) is 1.24. The monoisotopic (exact) mass is 195 g/mol. The van der Waals surface area contributed by atoms with Crippen LogP contribution in [0, 0.1) is 0 Å². The first kappa shape index (κ1) is 10.3. The zero-order valence-electron chi connectivity index (χ0n) is 7.70. The van der Waals surface area contributed by atoms with E-state index in [0.29, 0.717) is 6.04 Å². The highest BCUT2D eigenvalue weighted by Crippen LogP contribution is 2.10. The highest BCUT2D eigenvalue weighted by molar-refractivity contribution is 6.25. The first-order valence-electron chi connectivity index (χ1n) is 4.38. The van der Waals surface area contributed by atoms with Crippen molar-refractivity contribution in [3.63, 3.8) is 0 Å². The van der Waals surface area contributed by atoms with Crippen LogP contribution < -0.4 is 5.32 Å². The van der Waals surface area contributed by atoms with E-state index in [1.807, 2.05) is 24.3 Å². The number of hydrogen-bond acceptors (Lipinski definition) is 1. The van der Waals surface area contributed by atoms with E-state index in [4.69, 9.17) is 11.6 Å². The summed E-state index contributed by atoms with van der Waals surface area (Å²) >= 11 is 5.41. The summed E-state index contributed by atoms with van der Waals surface area (Å²) in [6, 6.07) is 10.7. The molecular formula is C11H14ClN. The summed E-state index contributed by atoms with van der Waals surface area (Å²) in [6.45, 7) is 2.94. The van der Waals surface area contributed by atoms with Crippen LogP contribution in [0.3, 0.4) is 0 Å². The molecule has 1 N–H and O–H groups in total. The molecule has 0 aliphatic rings. The minimum absolute atomic E-state index is 0.370. The van der Waals surface area contributed by atoms with E-state index in [-0.39, 0.29) is 0 Å². The van der Waals surface area contributed by atoms with Gasteiger partial charge in [-0.25, -0.2) is 0 Å². The lowest BCUT2D eigenvalue weighted by molar-refractivity contribution is 0.617. The summed E-state index contributed by atoms with van der Waals surface area (Å²) in [6.07, 6.45) is 1.89. The second kappa shape index (κ2) is 5.79. The van der Waals surface area contributed by atoms with Gasteiger partial charge >= 0.3 is 0 Å². The maximum absolute atomic E-state index is 5.41. The fourth-order valence-electron chi connectivity index (χ4n) is 1.15. The molecule has 1 atom stereocenters. The first-order chi connectivity index (χ1) is 6.34. The van der Waals surface area contributed by atoms with Gasteiger partial charge in [-0.15, -0.1) is 0 Å². The quantitative estimate of drug-likeness (QED) is 0.779. The number of hydrogen-bond donors (Lipinski definition) is 1. The Hall–Kier alpha value is -0.790. The molecule has 70 valence electrons. The van der Waals surface area contributed by atoms with Gasteiger partial charge in [0.2, 0.25) is 0 Å². The molecule has 1 nitrogen and oxygen atoms in total. The minimum atomic E-state index is 0.370. The summed E-state index contributed by atoms with van der Waals surface area (Å²) in [5, 5.41) is 3.33. The van der Waals surface area contributed by atoms with Gasteiger partial charge in [-0.2, -0.15) is 0 Å². The normalized spacial score (nSPS) is 13.4. The average molecular weight is 196 g/mol. The van der Waals surface area contributed by atoms with Crippen molar-refractivity contribution in [2.24, 2.45) is 0 Å². The highest BCUT2D eigenvalue weighted by Gasteiger charge is 2.00. The molecule has 0 saturated heterocycles. The molecule has 0 amide bonds. The maximum atomic E-state index is 5.41. The molecule has 0 heterocycles. The number of rotatable bonds is 4. The SMILES string of the molecule is CC(NC/C=C/Cl)c1ccccc1. The van der Waals surface area contributed by atoms with Crippen LogP contribution in [0.25, 0.3) is 0 Å². The van der Waals surface area contributed by atoms with Crippen LogP contribution in [0.15, 0.2) is 41.9 Å². The molecule has 0 aliphatic carbocycles. The van der Waals surface area contributed by atoms with Crippen molar-refractivity contribution in [2.75, 3.05) is 6.54 Å². The molecule has 0 radical (unpaired) electrons. The molecule has 2 heteroatoms. The Balaban J connectivity index is 2.44. The largest absolute Gasteiger partial charge is 0.307 e. The zero-order chi connectivity index (χ0) is 9.52. The van der Waals surface area contributed by atoms with E-state index < -0.39 is 0 Å². The Morgan fingerprint density at radius 2 is 2.08 bits per heavy atom. The fraction of sp³-hybridized carbons (Fsp3) is 0.273. The molecule has 1 aromatic carbocycles. The van der Waals surface area contributed by atoms with Crippen molar-refractivity contribution in [1.82, 2.24) is 5.32 Å². The van der Waals surface area contributed by atoms with Crippen molar-refractivity contribution < 1.29 is 0 Å². The summed E-state index contributed by atoms with van der Waals surface area (Å²) in [4.78, 5) is 0. The van der Waals surface area contributed by atoms with Gasteiger partial charge < -0.3 is 5.32 Å². The van der Waals surface area contributed by atoms with Crippen molar-refractivity contribution in [3.05, 3.63) is 47.5 Å². The predicted octanol–water partition coefficient (Wildman–Crippen LogP) is 3.09. The van der Waals surface area contributed by atoms with E-state index in [1.54, 1.807) is 0 Å². The average Bonchev–Trinajstić information content (AvgIpc) is 2.19. The molecule has 1 aromatic rings. The van der Waals surface area contributed by atoms with Gasteiger partial charge in [0.05, 0.1) is 0 Å². The van der Waals surface area contributed by atoms with E-state index in [2.05, 4.69) is 24.4 Å². The van der Waals surface area contributed by atoms with Gasteiger partial charge in [0, 0.05) is 18.1 Å². The molecule has 0 fully saturated rings. The number of halogens is 1. The van der Waals surface area contributed by atoms with Crippen LogP contribution in [0.2, 0.25) is 0 Å². The molecule has 0 bridgehead atoms. The molecule has 0 spiro atoms. The van der Waals surface area contributed by atoms with Crippen LogP contribution in [-0.4, -0.2) is 6.54 Å². The first-order valence-corrected chi connectivity index (χ1v) is 4.82. The van der Waals surface area contributed by atoms with Gasteiger partial charge in [0.15, 0.2) is 0 Å². The molecule has 0 aliphatic heterocycles. The third-order valence-electron chi connectivity index (χ3n) is 1.93. The van der Waals surface area contributed by atoms with Crippen molar-refractivity contribution in [3.8, 4) is 0 Å². The predicted molar refractivity (Wildman–Crippen MR) is 57.9 cm³/mol. The Bertz CT molecular complexity index is 256. The second-order valence-electron chi connectivity index (χ2n) is 2.90. The third-order valence-corrected chi connectivity index (χ3v) is 2.11. The third kappa shape index (κ3) is 3.62. The summed E-state index contributed by atoms with van der Waals surface area (Å²) in [5.41, 5.74) is 2.83. The van der Waals surface area contributed by atoms with E-state index in [0.717, 1.165) is 6.54 Å². The van der Waals surface area contributed by atoms with Crippen molar-refractivity contribution in [2.45, 2.75) is 13.0 Å². The molecular weight excluding hydrogens is 182 g/mol. The van der Waals surface area contributed by atoms with Crippen molar-refractivity contribution in [1.29, 1.82) is 0 Å². The molecule has 0 aromatic heterocycles. The Kier molecular flexibility index (Phi) is 4.58. The van der Waals surface area contributed by atoms with E-state index >= 15 is 0 Å².